The van der Waals surface area contributed by atoms with E-state index >= 15 is 0 Å². The molecule has 0 spiro atoms. The summed E-state index contributed by atoms with van der Waals surface area (Å²) in [5.41, 5.74) is 0. The van der Waals surface area contributed by atoms with E-state index in [-0.39, 0.29) is 12.6 Å². The van der Waals surface area contributed by atoms with E-state index in [0.717, 1.165) is 19.3 Å². The first-order valence-corrected chi connectivity index (χ1v) is 4.95. The lowest BCUT2D eigenvalue weighted by atomic mass is 10.2. The topological polar surface area (TPSA) is 44.8 Å². The molecule has 0 amide bonds. The summed E-state index contributed by atoms with van der Waals surface area (Å²) in [5, 5.41) is 0. The summed E-state index contributed by atoms with van der Waals surface area (Å²) in [4.78, 5) is 11.1. The molecule has 0 aromatic carbocycles. The number of carbonyl (C=O) groups is 1. The van der Waals surface area contributed by atoms with Crippen LogP contribution in [-0.4, -0.2) is 33.1 Å². The van der Waals surface area contributed by atoms with Crippen molar-refractivity contribution in [2.24, 2.45) is 0 Å². The zero-order valence-corrected chi connectivity index (χ0v) is 9.25. The SMILES string of the molecule is CCCCCC(=O)OCC(OC)OC. The van der Waals surface area contributed by atoms with Crippen LogP contribution in [0.15, 0.2) is 0 Å². The molecule has 0 N–H and O–H groups in total. The number of hydrogen-bond acceptors (Lipinski definition) is 4. The van der Waals surface area contributed by atoms with Crippen molar-refractivity contribution in [3.63, 3.8) is 0 Å². The van der Waals surface area contributed by atoms with Crippen molar-refractivity contribution in [2.75, 3.05) is 20.8 Å². The molecule has 0 unspecified atom stereocenters. The van der Waals surface area contributed by atoms with Gasteiger partial charge >= 0.3 is 5.97 Å². The van der Waals surface area contributed by atoms with Gasteiger partial charge in [0.1, 0.15) is 6.61 Å². The molecule has 0 saturated carbocycles. The van der Waals surface area contributed by atoms with Gasteiger partial charge in [0, 0.05) is 20.6 Å². The van der Waals surface area contributed by atoms with Gasteiger partial charge in [-0.1, -0.05) is 19.8 Å². The minimum absolute atomic E-state index is 0.165. The van der Waals surface area contributed by atoms with Gasteiger partial charge in [0.15, 0.2) is 6.29 Å². The normalized spacial score (nSPS) is 10.6. The van der Waals surface area contributed by atoms with Gasteiger partial charge in [-0.25, -0.2) is 0 Å². The largest absolute Gasteiger partial charge is 0.460 e. The molecule has 14 heavy (non-hydrogen) atoms. The fraction of sp³-hybridized carbons (Fsp3) is 0.900. The number of rotatable bonds is 8. The highest BCUT2D eigenvalue weighted by atomic mass is 16.7. The summed E-state index contributed by atoms with van der Waals surface area (Å²) < 4.78 is 14.7. The maximum Gasteiger partial charge on any atom is 0.305 e. The van der Waals surface area contributed by atoms with E-state index in [1.807, 2.05) is 0 Å². The third-order valence-corrected chi connectivity index (χ3v) is 1.89. The Morgan fingerprint density at radius 2 is 1.86 bits per heavy atom. The van der Waals surface area contributed by atoms with E-state index in [9.17, 15) is 4.79 Å². The molecular formula is C10H20O4. The molecule has 0 bridgehead atoms. The lowest BCUT2D eigenvalue weighted by Crippen LogP contribution is -2.22. The van der Waals surface area contributed by atoms with Crippen LogP contribution in [0.1, 0.15) is 32.6 Å². The molecule has 0 rings (SSSR count). The number of ether oxygens (including phenoxy) is 3. The van der Waals surface area contributed by atoms with Crippen molar-refractivity contribution in [1.82, 2.24) is 0 Å². The molecule has 0 atom stereocenters. The maximum absolute atomic E-state index is 11.1. The summed E-state index contributed by atoms with van der Waals surface area (Å²) in [6.07, 6.45) is 3.08. The van der Waals surface area contributed by atoms with Crippen LogP contribution in [0, 0.1) is 0 Å². The van der Waals surface area contributed by atoms with Gasteiger partial charge < -0.3 is 14.2 Å². The zero-order valence-electron chi connectivity index (χ0n) is 9.25. The molecule has 0 aromatic heterocycles. The van der Waals surface area contributed by atoms with E-state index in [4.69, 9.17) is 14.2 Å². The molecule has 84 valence electrons. The first kappa shape index (κ1) is 13.4. The van der Waals surface area contributed by atoms with Crippen LogP contribution < -0.4 is 0 Å². The van der Waals surface area contributed by atoms with Crippen LogP contribution in [0.5, 0.6) is 0 Å². The van der Waals surface area contributed by atoms with Crippen molar-refractivity contribution in [3.8, 4) is 0 Å². The second-order valence-electron chi connectivity index (χ2n) is 3.04. The zero-order chi connectivity index (χ0) is 10.8. The van der Waals surface area contributed by atoms with E-state index in [0.29, 0.717) is 6.42 Å². The quantitative estimate of drug-likeness (QED) is 0.343. The van der Waals surface area contributed by atoms with Crippen molar-refractivity contribution < 1.29 is 19.0 Å². The third kappa shape index (κ3) is 6.86. The second kappa shape index (κ2) is 8.97. The van der Waals surface area contributed by atoms with Crippen molar-refractivity contribution in [2.45, 2.75) is 38.9 Å². The second-order valence-corrected chi connectivity index (χ2v) is 3.04. The highest BCUT2D eigenvalue weighted by molar-refractivity contribution is 5.69. The van der Waals surface area contributed by atoms with Gasteiger partial charge in [-0.05, 0) is 6.42 Å². The van der Waals surface area contributed by atoms with Gasteiger partial charge in [-0.3, -0.25) is 4.79 Å². The molecule has 0 aliphatic rings. The first-order chi connectivity index (χ1) is 6.74. The highest BCUT2D eigenvalue weighted by Gasteiger charge is 2.08. The Morgan fingerprint density at radius 1 is 1.21 bits per heavy atom. The lowest BCUT2D eigenvalue weighted by Gasteiger charge is -2.13. The van der Waals surface area contributed by atoms with Crippen LogP contribution in [0.4, 0.5) is 0 Å². The summed E-state index contributed by atoms with van der Waals surface area (Å²) in [5.74, 6) is -0.183. The Kier molecular flexibility index (Phi) is 8.57. The van der Waals surface area contributed by atoms with E-state index in [1.165, 1.54) is 14.2 Å². The highest BCUT2D eigenvalue weighted by Crippen LogP contribution is 2.01. The summed E-state index contributed by atoms with van der Waals surface area (Å²) in [7, 11) is 3.03. The van der Waals surface area contributed by atoms with Crippen LogP contribution in [-0.2, 0) is 19.0 Å². The molecular weight excluding hydrogens is 184 g/mol. The smallest absolute Gasteiger partial charge is 0.305 e. The van der Waals surface area contributed by atoms with Gasteiger partial charge in [-0.15, -0.1) is 0 Å². The van der Waals surface area contributed by atoms with Crippen LogP contribution in [0.25, 0.3) is 0 Å². The fourth-order valence-corrected chi connectivity index (χ4v) is 0.985. The minimum atomic E-state index is -0.454. The number of esters is 1. The van der Waals surface area contributed by atoms with E-state index in [1.54, 1.807) is 0 Å². The van der Waals surface area contributed by atoms with Crippen LogP contribution in [0.3, 0.4) is 0 Å². The molecule has 0 radical (unpaired) electrons. The number of methoxy groups -OCH3 is 2. The first-order valence-electron chi connectivity index (χ1n) is 4.95. The lowest BCUT2D eigenvalue weighted by molar-refractivity contribution is -0.166. The predicted octanol–water partition coefficient (Wildman–Crippen LogP) is 1.73. The fourth-order valence-electron chi connectivity index (χ4n) is 0.985. The Hall–Kier alpha value is -0.610. The summed E-state index contributed by atoms with van der Waals surface area (Å²) >= 11 is 0. The number of hydrogen-bond donors (Lipinski definition) is 0. The molecule has 4 nitrogen and oxygen atoms in total. The summed E-state index contributed by atoms with van der Waals surface area (Å²) in [6.45, 7) is 2.26. The van der Waals surface area contributed by atoms with Gasteiger partial charge in [-0.2, -0.15) is 0 Å². The molecule has 0 aliphatic heterocycles. The molecule has 0 aromatic rings. The van der Waals surface area contributed by atoms with Crippen molar-refractivity contribution >= 4 is 5.97 Å². The Morgan fingerprint density at radius 3 is 2.36 bits per heavy atom. The van der Waals surface area contributed by atoms with Gasteiger partial charge in [0.2, 0.25) is 0 Å². The van der Waals surface area contributed by atoms with E-state index < -0.39 is 6.29 Å². The third-order valence-electron chi connectivity index (χ3n) is 1.89. The average Bonchev–Trinajstić information content (AvgIpc) is 2.20. The number of carbonyl (C=O) groups excluding carboxylic acids is 1. The minimum Gasteiger partial charge on any atom is -0.460 e. The average molecular weight is 204 g/mol. The van der Waals surface area contributed by atoms with Crippen LogP contribution in [0.2, 0.25) is 0 Å². The van der Waals surface area contributed by atoms with Crippen molar-refractivity contribution in [3.05, 3.63) is 0 Å². The molecule has 4 heteroatoms. The van der Waals surface area contributed by atoms with Crippen molar-refractivity contribution in [1.29, 1.82) is 0 Å². The van der Waals surface area contributed by atoms with Gasteiger partial charge in [0.05, 0.1) is 0 Å². The van der Waals surface area contributed by atoms with Gasteiger partial charge in [0.25, 0.3) is 0 Å². The predicted molar refractivity (Wildman–Crippen MR) is 52.9 cm³/mol. The van der Waals surface area contributed by atoms with E-state index in [2.05, 4.69) is 6.92 Å². The number of unbranched alkanes of at least 4 members (excludes halogenated alkanes) is 2. The summed E-state index contributed by atoms with van der Waals surface area (Å²) in [6, 6.07) is 0. The molecule has 0 fully saturated rings. The standard InChI is InChI=1S/C10H20O4/c1-4-5-6-7-9(11)14-8-10(12-2)13-3/h10H,4-8H2,1-3H3. The Labute approximate surface area is 85.5 Å². The Bertz CT molecular complexity index is 143. The Balaban J connectivity index is 3.42. The van der Waals surface area contributed by atoms with Crippen LogP contribution >= 0.6 is 0 Å². The molecule has 0 saturated heterocycles. The molecule has 0 aliphatic carbocycles. The molecule has 0 heterocycles. The maximum atomic E-state index is 11.1. The monoisotopic (exact) mass is 204 g/mol.